The molecule has 2 N–H and O–H groups in total. The van der Waals surface area contributed by atoms with Gasteiger partial charge in [-0.15, -0.1) is 0 Å². The molecular formula is C58H65F3N12O7. The molecule has 0 radical (unpaired) electrons. The first kappa shape index (κ1) is 56.6. The highest BCUT2D eigenvalue weighted by atomic mass is 19.3. The molecule has 0 aliphatic carbocycles. The largest absolute Gasteiger partial charge is 0.444 e. The first-order chi connectivity index (χ1) is 38.4. The van der Waals surface area contributed by atoms with Gasteiger partial charge >= 0.3 is 6.09 Å². The van der Waals surface area contributed by atoms with E-state index < -0.39 is 48.7 Å². The molecule has 0 saturated carbocycles. The second-order valence-corrected chi connectivity index (χ2v) is 21.5. The molecule has 0 atom stereocenters. The molecule has 5 amide bonds. The van der Waals surface area contributed by atoms with Gasteiger partial charge in [0.15, 0.2) is 5.69 Å². The first-order valence-corrected chi connectivity index (χ1v) is 26.9. The van der Waals surface area contributed by atoms with Crippen LogP contribution in [0.5, 0.6) is 0 Å². The van der Waals surface area contributed by atoms with Crippen LogP contribution >= 0.6 is 0 Å². The number of halogens is 3. The van der Waals surface area contributed by atoms with Gasteiger partial charge in [-0.3, -0.25) is 33.8 Å². The van der Waals surface area contributed by atoms with Gasteiger partial charge in [0.1, 0.15) is 24.3 Å². The van der Waals surface area contributed by atoms with Crippen LogP contribution in [0.25, 0.3) is 21.9 Å². The lowest BCUT2D eigenvalue weighted by Gasteiger charge is -2.40. The van der Waals surface area contributed by atoms with Crippen LogP contribution in [0, 0.1) is 11.7 Å². The predicted octanol–water partition coefficient (Wildman–Crippen LogP) is 6.14. The van der Waals surface area contributed by atoms with E-state index in [0.717, 1.165) is 32.5 Å². The van der Waals surface area contributed by atoms with Gasteiger partial charge in [0.05, 0.1) is 41.1 Å². The van der Waals surface area contributed by atoms with Crippen LogP contribution in [0.3, 0.4) is 0 Å². The van der Waals surface area contributed by atoms with E-state index >= 15 is 4.39 Å². The smallest absolute Gasteiger partial charge is 0.411 e. The summed E-state index contributed by atoms with van der Waals surface area (Å²) in [4.78, 5) is 105. The Bertz CT molecular complexity index is 3260. The molecule has 0 unspecified atom stereocenters. The topological polar surface area (TPSA) is 210 Å². The van der Waals surface area contributed by atoms with Crippen molar-refractivity contribution in [1.82, 2.24) is 54.5 Å². The number of amides is 5. The maximum absolute atomic E-state index is 15.2. The van der Waals surface area contributed by atoms with Crippen LogP contribution in [0.4, 0.5) is 23.7 Å². The maximum Gasteiger partial charge on any atom is 0.411 e. The molecule has 80 heavy (non-hydrogen) atoms. The summed E-state index contributed by atoms with van der Waals surface area (Å²) in [5.74, 6) is -1.83. The average Bonchev–Trinajstić information content (AvgIpc) is 3.50. The molecule has 3 aliphatic heterocycles. The van der Waals surface area contributed by atoms with E-state index in [1.165, 1.54) is 35.8 Å². The Labute approximate surface area is 461 Å². The number of carbonyl (C=O) groups is 5. The lowest BCUT2D eigenvalue weighted by Crippen LogP contribution is -2.55. The number of pyridine rings is 1. The van der Waals surface area contributed by atoms with E-state index in [2.05, 4.69) is 40.3 Å². The van der Waals surface area contributed by atoms with E-state index in [-0.39, 0.29) is 66.9 Å². The number of piperazine rings is 2. The molecule has 420 valence electrons. The second kappa shape index (κ2) is 25.3. The molecule has 0 spiro atoms. The fourth-order valence-electron chi connectivity index (χ4n) is 10.4. The minimum Gasteiger partial charge on any atom is -0.444 e. The summed E-state index contributed by atoms with van der Waals surface area (Å²) in [6.45, 7) is 10.7. The molecule has 22 heteroatoms. The van der Waals surface area contributed by atoms with E-state index in [1.54, 1.807) is 96.1 Å². The average molecular weight is 1100 g/mol. The zero-order valence-corrected chi connectivity index (χ0v) is 45.1. The number of aromatic amines is 1. The molecule has 19 nitrogen and oxygen atoms in total. The lowest BCUT2D eigenvalue weighted by molar-refractivity contribution is -0.134. The number of likely N-dealkylation sites (tertiary alicyclic amines) is 1. The minimum absolute atomic E-state index is 0.00488. The number of rotatable bonds is 16. The molecule has 3 aromatic carbocycles. The Balaban J connectivity index is 0.757. The van der Waals surface area contributed by atoms with Crippen molar-refractivity contribution in [1.29, 1.82) is 0 Å². The fraction of sp³-hybridized carbons (Fsp3) is 0.414. The third-order valence-electron chi connectivity index (χ3n) is 14.6. The van der Waals surface area contributed by atoms with Crippen molar-refractivity contribution in [2.24, 2.45) is 5.92 Å². The Kier molecular flexibility index (Phi) is 17.9. The summed E-state index contributed by atoms with van der Waals surface area (Å²) in [6, 6.07) is 21.3. The number of ether oxygens (including phenoxy) is 1. The fourth-order valence-corrected chi connectivity index (χ4v) is 10.4. The number of nitrogens with zero attached hydrogens (tertiary/aromatic N) is 10. The number of aromatic nitrogens is 5. The summed E-state index contributed by atoms with van der Waals surface area (Å²) in [6.07, 6.45) is 2.33. The Hall–Kier alpha value is -8.11. The van der Waals surface area contributed by atoms with E-state index in [4.69, 9.17) is 4.74 Å². The highest BCUT2D eigenvalue weighted by Crippen LogP contribution is 2.29. The van der Waals surface area contributed by atoms with Crippen LogP contribution in [0.2, 0.25) is 0 Å². The molecular weight excluding hydrogens is 1030 g/mol. The van der Waals surface area contributed by atoms with E-state index in [1.807, 2.05) is 6.07 Å². The normalized spacial score (nSPS) is 15.8. The number of piperidine rings is 1. The number of fused-ring (bicyclic) bond motifs is 1. The number of alkyl halides is 2. The van der Waals surface area contributed by atoms with Gasteiger partial charge in [0.2, 0.25) is 18.2 Å². The van der Waals surface area contributed by atoms with Crippen molar-refractivity contribution in [2.45, 2.75) is 65.0 Å². The van der Waals surface area contributed by atoms with Gasteiger partial charge in [0, 0.05) is 108 Å². The third kappa shape index (κ3) is 14.6. The highest BCUT2D eigenvalue weighted by molar-refractivity contribution is 6.04. The Morgan fingerprint density at radius 3 is 2.20 bits per heavy atom. The number of benzene rings is 3. The van der Waals surface area contributed by atoms with Gasteiger partial charge < -0.3 is 29.7 Å². The molecule has 3 saturated heterocycles. The highest BCUT2D eigenvalue weighted by Gasteiger charge is 2.32. The molecule has 3 fully saturated rings. The summed E-state index contributed by atoms with van der Waals surface area (Å²) < 4.78 is 47.5. The van der Waals surface area contributed by atoms with Gasteiger partial charge in [-0.05, 0) is 86.6 Å². The number of carbonyl (C=O) groups excluding carboxylic acids is 5. The SMILES string of the molecule is CC(C)(C)OC(=O)N(CC(=O)Nc1cc(-c2cccc(CC(F)F)c2)cnc1C(=O)N1CCC(CN2CCN(CC(=O)N3CCN(C(=O)c4cc(Cc5n[nH]c(=O)c6ccccc56)ccc4F)CC3)CC2)CC1)Cc1ccncn1. The number of nitrogens with one attached hydrogen (secondary N) is 2. The Morgan fingerprint density at radius 2 is 1.49 bits per heavy atom. The molecule has 0 bridgehead atoms. The molecule has 6 aromatic rings. The van der Waals surface area contributed by atoms with Crippen molar-refractivity contribution in [2.75, 3.05) is 90.4 Å². The number of hydrogen-bond acceptors (Lipinski definition) is 13. The van der Waals surface area contributed by atoms with Crippen molar-refractivity contribution < 1.29 is 41.9 Å². The van der Waals surface area contributed by atoms with Crippen LogP contribution in [-0.4, -0.2) is 181 Å². The number of anilines is 1. The van der Waals surface area contributed by atoms with Crippen molar-refractivity contribution in [3.8, 4) is 11.1 Å². The number of H-pyrrole nitrogens is 1. The molecule has 3 aliphatic rings. The van der Waals surface area contributed by atoms with Crippen LogP contribution in [0.15, 0.2) is 102 Å². The zero-order valence-electron chi connectivity index (χ0n) is 45.1. The van der Waals surface area contributed by atoms with Crippen LogP contribution in [0.1, 0.15) is 77.0 Å². The quantitative estimate of drug-likeness (QED) is 0.112. The van der Waals surface area contributed by atoms with Gasteiger partial charge in [-0.1, -0.05) is 48.5 Å². The van der Waals surface area contributed by atoms with Gasteiger partial charge in [0.25, 0.3) is 17.4 Å². The van der Waals surface area contributed by atoms with Gasteiger partial charge in [-0.2, -0.15) is 5.10 Å². The molecule has 3 aromatic heterocycles. The summed E-state index contributed by atoms with van der Waals surface area (Å²) >= 11 is 0. The number of hydrogen-bond donors (Lipinski definition) is 2. The standard InChI is InChI=1S/C58H65F3N12O7/c1-58(2,3)80-57(79)73(34-43-13-16-62-37-64-43)35-51(74)65-49-31-42(41-8-6-7-39(27-41)30-50(60)61)32-63-53(49)56(78)71-17-14-38(15-18-71)33-68-19-21-69(22-20-68)36-52(75)70-23-25-72(26-24-70)55(77)46-28-40(11-12-47(46)59)29-48-44-9-4-5-10-45(44)54(76)67-66-48/h4-13,16,27-28,31-32,37-38,50H,14-15,17-26,29-30,33-36H2,1-3H3,(H,65,74)(H,67,76). The minimum atomic E-state index is -2.55. The first-order valence-electron chi connectivity index (χ1n) is 26.9. The van der Waals surface area contributed by atoms with Crippen molar-refractivity contribution >= 4 is 46.2 Å². The van der Waals surface area contributed by atoms with Gasteiger partial charge in [-0.25, -0.2) is 38.0 Å². The third-order valence-corrected chi connectivity index (χ3v) is 14.6. The van der Waals surface area contributed by atoms with E-state index in [0.29, 0.717) is 89.6 Å². The second-order valence-electron chi connectivity index (χ2n) is 21.5. The summed E-state index contributed by atoms with van der Waals surface area (Å²) in [5, 5.41) is 10.7. The van der Waals surface area contributed by atoms with Crippen molar-refractivity contribution in [3.05, 3.63) is 148 Å². The molecule has 6 heterocycles. The monoisotopic (exact) mass is 1100 g/mol. The van der Waals surface area contributed by atoms with Crippen LogP contribution < -0.4 is 10.9 Å². The van der Waals surface area contributed by atoms with Crippen LogP contribution in [-0.2, 0) is 33.7 Å². The predicted molar refractivity (Wildman–Crippen MR) is 292 cm³/mol. The van der Waals surface area contributed by atoms with E-state index in [9.17, 15) is 37.5 Å². The maximum atomic E-state index is 15.2. The summed E-state index contributed by atoms with van der Waals surface area (Å²) in [7, 11) is 0. The summed E-state index contributed by atoms with van der Waals surface area (Å²) in [5.41, 5.74) is 2.07. The Morgan fingerprint density at radius 1 is 0.775 bits per heavy atom. The molecule has 9 rings (SSSR count). The zero-order chi connectivity index (χ0) is 56.5. The lowest BCUT2D eigenvalue weighted by atomic mass is 9.95. The van der Waals surface area contributed by atoms with Crippen molar-refractivity contribution in [3.63, 3.8) is 0 Å².